The van der Waals surface area contributed by atoms with Crippen molar-refractivity contribution in [2.45, 2.75) is 9.79 Å². The molecule has 0 fully saturated rings. The van der Waals surface area contributed by atoms with E-state index in [0.717, 1.165) is 55.2 Å². The molecule has 7 aromatic carbocycles. The van der Waals surface area contributed by atoms with E-state index in [-0.39, 0.29) is 0 Å². The average Bonchev–Trinajstić information content (AvgIpc) is 3.65. The first kappa shape index (κ1) is 29.4. The lowest BCUT2D eigenvalue weighted by Gasteiger charge is -2.28. The van der Waals surface area contributed by atoms with Crippen LogP contribution in [0.2, 0.25) is 0 Å². The van der Waals surface area contributed by atoms with E-state index < -0.39 is 10.0 Å². The summed E-state index contributed by atoms with van der Waals surface area (Å²) in [5, 5.41) is 2.33. The molecule has 0 spiro atoms. The van der Waals surface area contributed by atoms with Crippen LogP contribution in [0, 0.1) is 0 Å². The van der Waals surface area contributed by atoms with Crippen molar-refractivity contribution in [1.29, 1.82) is 0 Å². The quantitative estimate of drug-likeness (QED) is 0.173. The van der Waals surface area contributed by atoms with Gasteiger partial charge in [0, 0.05) is 31.7 Å². The highest BCUT2D eigenvalue weighted by Gasteiger charge is 2.32. The van der Waals surface area contributed by atoms with E-state index in [1.165, 1.54) is 32.0 Å². The Morgan fingerprint density at radius 3 is 1.62 bits per heavy atom. The SMILES string of the molecule is CS1(C)c2ccccc2-c2ccc(-c3nc4nc(n3)-n3c5ccccc5c5ccc(cc53)-c3cccc(c3)-c3cccc(c3)-c3cccc-4c3)cc21. The average molecular weight is 685 g/mol. The number of hydrogen-bond donors (Lipinski definition) is 0. The molecule has 0 amide bonds. The molecule has 2 aliphatic rings. The van der Waals surface area contributed by atoms with Crippen LogP contribution in [0.25, 0.3) is 95.0 Å². The van der Waals surface area contributed by atoms with Gasteiger partial charge in [0.2, 0.25) is 5.95 Å². The molecule has 0 saturated heterocycles. The van der Waals surface area contributed by atoms with Gasteiger partial charge in [0.05, 0.1) is 11.0 Å². The zero-order valence-corrected chi connectivity index (χ0v) is 29.5. The van der Waals surface area contributed by atoms with Crippen LogP contribution in [0.5, 0.6) is 0 Å². The number of hydrogen-bond acceptors (Lipinski definition) is 3. The molecule has 10 bridgehead atoms. The summed E-state index contributed by atoms with van der Waals surface area (Å²) >= 11 is 0. The lowest BCUT2D eigenvalue weighted by atomic mass is 9.95. The Morgan fingerprint density at radius 2 is 0.904 bits per heavy atom. The first-order valence-corrected chi connectivity index (χ1v) is 20.0. The van der Waals surface area contributed by atoms with E-state index in [9.17, 15) is 0 Å². The first-order valence-electron chi connectivity index (χ1n) is 17.6. The summed E-state index contributed by atoms with van der Waals surface area (Å²) in [7, 11) is -1.21. The second kappa shape index (κ2) is 10.8. The lowest BCUT2D eigenvalue weighted by Crippen LogP contribution is -2.06. The molecule has 2 aliphatic heterocycles. The fourth-order valence-corrected chi connectivity index (χ4v) is 10.8. The van der Waals surface area contributed by atoms with Crippen LogP contribution < -0.4 is 0 Å². The molecule has 0 saturated carbocycles. The van der Waals surface area contributed by atoms with E-state index in [2.05, 4.69) is 175 Å². The third-order valence-corrected chi connectivity index (χ3v) is 13.8. The summed E-state index contributed by atoms with van der Waals surface area (Å²) in [5.74, 6) is 1.91. The van der Waals surface area contributed by atoms with Crippen LogP contribution >= 0.6 is 10.0 Å². The zero-order valence-electron chi connectivity index (χ0n) is 28.7. The van der Waals surface area contributed by atoms with E-state index in [0.29, 0.717) is 17.6 Å². The molecule has 4 heterocycles. The molecule has 0 radical (unpaired) electrons. The summed E-state index contributed by atoms with van der Waals surface area (Å²) in [6.45, 7) is 0. The minimum atomic E-state index is -1.21. The predicted octanol–water partition coefficient (Wildman–Crippen LogP) is 12.1. The number of nitrogens with zero attached hydrogens (tertiary/aromatic N) is 4. The molecule has 5 heteroatoms. The van der Waals surface area contributed by atoms with Gasteiger partial charge < -0.3 is 0 Å². The van der Waals surface area contributed by atoms with Gasteiger partial charge in [-0.3, -0.25) is 4.57 Å². The topological polar surface area (TPSA) is 43.6 Å². The van der Waals surface area contributed by atoms with Crippen LogP contribution in [-0.2, 0) is 0 Å². The Hall–Kier alpha value is -6.30. The Kier molecular flexibility index (Phi) is 6.14. The Bertz CT molecular complexity index is 2950. The largest absolute Gasteiger partial charge is 0.278 e. The van der Waals surface area contributed by atoms with Gasteiger partial charge in [0.15, 0.2) is 11.6 Å². The minimum absolute atomic E-state index is 0.604. The number of rotatable bonds is 1. The number of fused-ring (bicyclic) bond motifs is 20. The summed E-state index contributed by atoms with van der Waals surface area (Å²) in [6.07, 6.45) is 4.79. The Labute approximate surface area is 303 Å². The fourth-order valence-electron chi connectivity index (χ4n) is 8.24. The van der Waals surface area contributed by atoms with Gasteiger partial charge in [-0.2, -0.15) is 20.0 Å². The van der Waals surface area contributed by atoms with Crippen LogP contribution in [0.1, 0.15) is 0 Å². The molecule has 52 heavy (non-hydrogen) atoms. The van der Waals surface area contributed by atoms with Gasteiger partial charge in [0.25, 0.3) is 0 Å². The molecule has 0 atom stereocenters. The van der Waals surface area contributed by atoms with Crippen LogP contribution in [0.15, 0.2) is 168 Å². The summed E-state index contributed by atoms with van der Waals surface area (Å²) in [4.78, 5) is 18.7. The van der Waals surface area contributed by atoms with Crippen molar-refractivity contribution in [2.75, 3.05) is 12.5 Å². The van der Waals surface area contributed by atoms with Crippen LogP contribution in [0.4, 0.5) is 0 Å². The molecule has 11 rings (SSSR count). The normalized spacial score (nSPS) is 14.0. The summed E-state index contributed by atoms with van der Waals surface area (Å²) in [5.41, 5.74) is 13.6. The molecule has 2 aromatic heterocycles. The lowest BCUT2D eigenvalue weighted by molar-refractivity contribution is 0.953. The maximum Gasteiger partial charge on any atom is 0.238 e. The first-order chi connectivity index (χ1) is 25.5. The highest BCUT2D eigenvalue weighted by Crippen LogP contribution is 2.67. The zero-order chi connectivity index (χ0) is 34.6. The monoisotopic (exact) mass is 684 g/mol. The van der Waals surface area contributed by atoms with E-state index in [1.54, 1.807) is 0 Å². The van der Waals surface area contributed by atoms with Gasteiger partial charge in [-0.15, -0.1) is 0 Å². The number of para-hydroxylation sites is 1. The molecular weight excluding hydrogens is 653 g/mol. The maximum absolute atomic E-state index is 5.33. The van der Waals surface area contributed by atoms with Gasteiger partial charge in [-0.1, -0.05) is 115 Å². The Balaban J connectivity index is 1.22. The van der Waals surface area contributed by atoms with Crippen molar-refractivity contribution in [3.05, 3.63) is 158 Å². The highest BCUT2D eigenvalue weighted by atomic mass is 32.3. The molecule has 0 unspecified atom stereocenters. The summed E-state index contributed by atoms with van der Waals surface area (Å²) in [6, 6.07) is 57.2. The van der Waals surface area contributed by atoms with E-state index >= 15 is 0 Å². The highest BCUT2D eigenvalue weighted by molar-refractivity contribution is 8.33. The van der Waals surface area contributed by atoms with Gasteiger partial charge in [-0.05, 0) is 99.5 Å². The predicted molar refractivity (Wildman–Crippen MR) is 216 cm³/mol. The van der Waals surface area contributed by atoms with Crippen LogP contribution in [-0.4, -0.2) is 32.0 Å². The van der Waals surface area contributed by atoms with E-state index in [4.69, 9.17) is 15.0 Å². The fraction of sp³-hybridized carbons (Fsp3) is 0.0426. The molecular formula is C47H32N4S. The number of benzene rings is 7. The van der Waals surface area contributed by atoms with Crippen LogP contribution in [0.3, 0.4) is 0 Å². The minimum Gasteiger partial charge on any atom is -0.278 e. The van der Waals surface area contributed by atoms with Gasteiger partial charge in [-0.25, -0.2) is 4.98 Å². The molecule has 4 nitrogen and oxygen atoms in total. The van der Waals surface area contributed by atoms with Crippen molar-refractivity contribution in [3.63, 3.8) is 0 Å². The number of aromatic nitrogens is 4. The standard InChI is InChI=1S/C47H32N4S/c1-52(2)43-19-6-4-17-39(43)40-23-21-36(28-44(40)52)46-48-45-35-15-9-14-33(26-35)31-12-7-10-29(24-31)30-11-8-13-32(25-30)34-20-22-38-37-16-3-5-18-41(37)51(42(38)27-34)47(49-45)50-46/h3-28H,1-2H3. The molecule has 0 aliphatic carbocycles. The van der Waals surface area contributed by atoms with E-state index in [1.807, 2.05) is 0 Å². The second-order valence-electron chi connectivity index (χ2n) is 14.1. The second-order valence-corrected chi connectivity index (χ2v) is 17.7. The Morgan fingerprint density at radius 1 is 0.385 bits per heavy atom. The van der Waals surface area contributed by atoms with Crippen molar-refractivity contribution in [2.24, 2.45) is 0 Å². The van der Waals surface area contributed by atoms with Gasteiger partial charge in [0.1, 0.15) is 0 Å². The van der Waals surface area contributed by atoms with Crippen molar-refractivity contribution in [1.82, 2.24) is 19.5 Å². The molecule has 0 N–H and O–H groups in total. The molecule has 246 valence electrons. The smallest absolute Gasteiger partial charge is 0.238 e. The summed E-state index contributed by atoms with van der Waals surface area (Å²) < 4.78 is 2.23. The van der Waals surface area contributed by atoms with Crippen molar-refractivity contribution in [3.8, 4) is 73.2 Å². The van der Waals surface area contributed by atoms with Crippen molar-refractivity contribution >= 4 is 31.8 Å². The third-order valence-electron chi connectivity index (χ3n) is 10.9. The molecule has 9 aromatic rings. The van der Waals surface area contributed by atoms with Crippen molar-refractivity contribution < 1.29 is 0 Å². The van der Waals surface area contributed by atoms with Gasteiger partial charge >= 0.3 is 0 Å². The third kappa shape index (κ3) is 4.33. The maximum atomic E-state index is 5.33.